The Balaban J connectivity index is 3.33. The van der Waals surface area contributed by atoms with E-state index in [0.29, 0.717) is 0 Å². The van der Waals surface area contributed by atoms with Crippen molar-refractivity contribution < 1.29 is 5.11 Å². The first-order chi connectivity index (χ1) is 3.18. The van der Waals surface area contributed by atoms with E-state index >= 15 is 0 Å². The molecule has 0 saturated heterocycles. The minimum absolute atomic E-state index is 0.250. The van der Waals surface area contributed by atoms with E-state index in [2.05, 4.69) is 11.7 Å². The number of rotatable bonds is 2. The van der Waals surface area contributed by atoms with E-state index in [-0.39, 0.29) is 6.04 Å². The molecular formula is C4H10N2O. The average molecular weight is 102 g/mol. The highest BCUT2D eigenvalue weighted by Crippen LogP contribution is 1.87. The van der Waals surface area contributed by atoms with E-state index in [0.717, 1.165) is 0 Å². The van der Waals surface area contributed by atoms with Gasteiger partial charge in [-0.25, -0.2) is 0 Å². The summed E-state index contributed by atoms with van der Waals surface area (Å²) in [5.41, 5.74) is 4.97. The summed E-state index contributed by atoms with van der Waals surface area (Å²) < 4.78 is 0. The summed E-state index contributed by atoms with van der Waals surface area (Å²) in [6.45, 7) is 4.88. The van der Waals surface area contributed by atoms with E-state index in [9.17, 15) is 0 Å². The van der Waals surface area contributed by atoms with Crippen molar-refractivity contribution in [1.82, 2.24) is 0 Å². The Morgan fingerprint density at radius 3 is 2.29 bits per heavy atom. The van der Waals surface area contributed by atoms with Crippen LogP contribution in [0.1, 0.15) is 6.92 Å². The zero-order valence-corrected chi connectivity index (χ0v) is 4.33. The minimum atomic E-state index is -0.863. The molecule has 0 bridgehead atoms. The lowest BCUT2D eigenvalue weighted by Gasteiger charge is -2.05. The molecule has 3 N–H and O–H groups in total. The highest BCUT2D eigenvalue weighted by Gasteiger charge is 2.02. The predicted molar refractivity (Wildman–Crippen MR) is 29.2 cm³/mol. The van der Waals surface area contributed by atoms with Crippen molar-refractivity contribution in [1.29, 1.82) is 0 Å². The Kier molecular flexibility index (Phi) is 2.55. The first-order valence-corrected chi connectivity index (χ1v) is 2.08. The fourth-order valence-corrected chi connectivity index (χ4v) is 0.108. The maximum absolute atomic E-state index is 8.46. The van der Waals surface area contributed by atoms with Gasteiger partial charge in [-0.05, 0) is 13.6 Å². The van der Waals surface area contributed by atoms with Crippen molar-refractivity contribution in [2.75, 3.05) is 0 Å². The molecule has 0 aromatic rings. The van der Waals surface area contributed by atoms with Crippen LogP contribution in [0.4, 0.5) is 0 Å². The molecular weight excluding hydrogens is 92.1 g/mol. The second-order valence-corrected chi connectivity index (χ2v) is 1.41. The summed E-state index contributed by atoms with van der Waals surface area (Å²) in [5.74, 6) is 0. The van der Waals surface area contributed by atoms with Crippen LogP contribution >= 0.6 is 0 Å². The Morgan fingerprint density at radius 2 is 2.29 bits per heavy atom. The predicted octanol–water partition coefficient (Wildman–Crippen LogP) is -0.647. The molecule has 42 valence electrons. The van der Waals surface area contributed by atoms with Crippen LogP contribution in [-0.2, 0) is 0 Å². The van der Waals surface area contributed by atoms with Gasteiger partial charge in [-0.15, -0.1) is 0 Å². The van der Waals surface area contributed by atoms with Crippen LogP contribution in [0, 0.1) is 0 Å². The van der Waals surface area contributed by atoms with Gasteiger partial charge in [0.15, 0.2) is 0 Å². The lowest BCUT2D eigenvalue weighted by Crippen LogP contribution is -2.30. The van der Waals surface area contributed by atoms with Crippen LogP contribution in [-0.4, -0.2) is 24.1 Å². The third-order valence-electron chi connectivity index (χ3n) is 0.782. The van der Waals surface area contributed by atoms with Crippen LogP contribution in [0.2, 0.25) is 0 Å². The van der Waals surface area contributed by atoms with Crippen molar-refractivity contribution >= 4 is 6.72 Å². The lowest BCUT2D eigenvalue weighted by molar-refractivity contribution is 0.159. The average Bonchev–Trinajstić information content (AvgIpc) is 1.65. The molecule has 0 fully saturated rings. The Bertz CT molecular complexity index is 62.7. The quantitative estimate of drug-likeness (QED) is 0.359. The Labute approximate surface area is 42.9 Å². The number of hydrogen-bond acceptors (Lipinski definition) is 3. The fraction of sp³-hybridized carbons (Fsp3) is 0.750. The van der Waals surface area contributed by atoms with Crippen LogP contribution in [0.3, 0.4) is 0 Å². The summed E-state index contributed by atoms with van der Waals surface area (Å²) in [7, 11) is 0. The molecule has 0 amide bonds. The number of nitrogens with zero attached hydrogens (tertiary/aromatic N) is 1. The molecule has 0 rings (SSSR count). The van der Waals surface area contributed by atoms with Crippen molar-refractivity contribution in [2.45, 2.75) is 19.2 Å². The van der Waals surface area contributed by atoms with Gasteiger partial charge in [-0.1, -0.05) is 0 Å². The van der Waals surface area contributed by atoms with Crippen molar-refractivity contribution in [2.24, 2.45) is 10.7 Å². The largest absolute Gasteiger partial charge is 0.377 e. The van der Waals surface area contributed by atoms with Gasteiger partial charge in [-0.2, -0.15) is 0 Å². The molecule has 0 aliphatic heterocycles. The molecule has 0 aliphatic rings. The summed E-state index contributed by atoms with van der Waals surface area (Å²) >= 11 is 0. The van der Waals surface area contributed by atoms with Crippen molar-refractivity contribution in [3.63, 3.8) is 0 Å². The first kappa shape index (κ1) is 6.59. The topological polar surface area (TPSA) is 58.6 Å². The van der Waals surface area contributed by atoms with Crippen LogP contribution in [0.15, 0.2) is 4.99 Å². The molecule has 0 radical (unpaired) electrons. The zero-order chi connectivity index (χ0) is 5.86. The summed E-state index contributed by atoms with van der Waals surface area (Å²) in [4.78, 5) is 3.46. The molecule has 0 saturated carbocycles. The standard InChI is InChI=1S/C4H10N2O/c1-3(6-2)4(5)7/h3-4,7H,2,5H2,1H3. The summed E-state index contributed by atoms with van der Waals surface area (Å²) in [6, 6.07) is -0.250. The fourth-order valence-electron chi connectivity index (χ4n) is 0.108. The second-order valence-electron chi connectivity index (χ2n) is 1.41. The normalized spacial score (nSPS) is 18.1. The second kappa shape index (κ2) is 2.71. The van der Waals surface area contributed by atoms with E-state index in [4.69, 9.17) is 10.8 Å². The molecule has 0 aromatic carbocycles. The van der Waals surface area contributed by atoms with E-state index in [1.165, 1.54) is 0 Å². The lowest BCUT2D eigenvalue weighted by atomic mass is 10.3. The SMILES string of the molecule is C=NC(C)C(N)O. The van der Waals surface area contributed by atoms with Gasteiger partial charge >= 0.3 is 0 Å². The molecule has 2 unspecified atom stereocenters. The molecule has 7 heavy (non-hydrogen) atoms. The maximum Gasteiger partial charge on any atom is 0.124 e. The third-order valence-corrected chi connectivity index (χ3v) is 0.782. The highest BCUT2D eigenvalue weighted by molar-refractivity contribution is 5.24. The van der Waals surface area contributed by atoms with Gasteiger partial charge in [0.05, 0.1) is 6.04 Å². The molecule has 2 atom stereocenters. The van der Waals surface area contributed by atoms with E-state index in [1.807, 2.05) is 0 Å². The molecule has 0 spiro atoms. The Morgan fingerprint density at radius 1 is 1.86 bits per heavy atom. The smallest absolute Gasteiger partial charge is 0.124 e. The maximum atomic E-state index is 8.46. The van der Waals surface area contributed by atoms with Gasteiger partial charge in [0.1, 0.15) is 6.23 Å². The van der Waals surface area contributed by atoms with Crippen LogP contribution in [0.25, 0.3) is 0 Å². The summed E-state index contributed by atoms with van der Waals surface area (Å²) in [6.07, 6.45) is -0.863. The minimum Gasteiger partial charge on any atom is -0.377 e. The number of aliphatic hydroxyl groups is 1. The number of aliphatic imine (C=N–C) groups is 1. The van der Waals surface area contributed by atoms with Gasteiger partial charge in [0.2, 0.25) is 0 Å². The zero-order valence-electron chi connectivity index (χ0n) is 4.33. The van der Waals surface area contributed by atoms with Gasteiger partial charge in [0, 0.05) is 0 Å². The molecule has 3 nitrogen and oxygen atoms in total. The van der Waals surface area contributed by atoms with Gasteiger partial charge in [0.25, 0.3) is 0 Å². The molecule has 0 heterocycles. The Hall–Kier alpha value is -0.410. The summed E-state index contributed by atoms with van der Waals surface area (Å²) in [5, 5.41) is 8.46. The monoisotopic (exact) mass is 102 g/mol. The van der Waals surface area contributed by atoms with Gasteiger partial charge < -0.3 is 10.8 Å². The molecule has 3 heteroatoms. The highest BCUT2D eigenvalue weighted by atomic mass is 16.3. The number of aliphatic hydroxyl groups excluding tert-OH is 1. The number of nitrogens with two attached hydrogens (primary N) is 1. The van der Waals surface area contributed by atoms with Gasteiger partial charge in [-0.3, -0.25) is 4.99 Å². The van der Waals surface area contributed by atoms with E-state index in [1.54, 1.807) is 6.92 Å². The first-order valence-electron chi connectivity index (χ1n) is 2.08. The third kappa shape index (κ3) is 2.31. The number of hydrogen-bond donors (Lipinski definition) is 2. The van der Waals surface area contributed by atoms with Crippen molar-refractivity contribution in [3.8, 4) is 0 Å². The van der Waals surface area contributed by atoms with E-state index < -0.39 is 6.23 Å². The van der Waals surface area contributed by atoms with Crippen LogP contribution in [0.5, 0.6) is 0 Å². The molecule has 0 aliphatic carbocycles. The molecule has 0 aromatic heterocycles. The van der Waals surface area contributed by atoms with Crippen molar-refractivity contribution in [3.05, 3.63) is 0 Å². The van der Waals surface area contributed by atoms with Crippen LogP contribution < -0.4 is 5.73 Å².